The molecule has 1 aliphatic carbocycles. The van der Waals surface area contributed by atoms with Gasteiger partial charge in [-0.05, 0) is 38.0 Å². The lowest BCUT2D eigenvalue weighted by atomic mass is 9.73. The van der Waals surface area contributed by atoms with Crippen molar-refractivity contribution < 1.29 is 14.3 Å². The summed E-state index contributed by atoms with van der Waals surface area (Å²) in [6.45, 7) is 3.24. The lowest BCUT2D eigenvalue weighted by molar-refractivity contribution is -0.136. The highest BCUT2D eigenvalue weighted by molar-refractivity contribution is 6.07. The molecule has 0 aromatic heterocycles. The van der Waals surface area contributed by atoms with E-state index in [0.717, 1.165) is 51.6 Å². The van der Waals surface area contributed by atoms with Gasteiger partial charge in [-0.2, -0.15) is 0 Å². The molecule has 0 aromatic rings. The van der Waals surface area contributed by atoms with Crippen molar-refractivity contribution in [3.05, 3.63) is 0 Å². The zero-order chi connectivity index (χ0) is 14.2. The molecule has 5 heteroatoms. The molecule has 5 nitrogen and oxygen atoms in total. The van der Waals surface area contributed by atoms with E-state index in [-0.39, 0.29) is 24.0 Å². The second-order valence-electron chi connectivity index (χ2n) is 6.45. The Kier molecular flexibility index (Phi) is 3.71. The van der Waals surface area contributed by atoms with Crippen molar-refractivity contribution in [3.63, 3.8) is 0 Å². The van der Waals surface area contributed by atoms with Crippen molar-refractivity contribution in [2.75, 3.05) is 13.2 Å². The minimum atomic E-state index is -0.635. The summed E-state index contributed by atoms with van der Waals surface area (Å²) in [4.78, 5) is 26.4. The second kappa shape index (κ2) is 5.35. The van der Waals surface area contributed by atoms with E-state index in [0.29, 0.717) is 6.54 Å². The Hall–Kier alpha value is -1.10. The highest BCUT2D eigenvalue weighted by Crippen LogP contribution is 2.38. The third-order valence-corrected chi connectivity index (χ3v) is 5.16. The Bertz CT molecular complexity index is 406. The number of ether oxygens (including phenoxy) is 1. The molecule has 2 aliphatic heterocycles. The van der Waals surface area contributed by atoms with E-state index in [1.165, 1.54) is 4.90 Å². The first-order chi connectivity index (χ1) is 9.63. The molecule has 0 aromatic carbocycles. The fourth-order valence-corrected chi connectivity index (χ4v) is 3.82. The molecule has 1 spiro atoms. The molecule has 0 bridgehead atoms. The Morgan fingerprint density at radius 1 is 1.25 bits per heavy atom. The summed E-state index contributed by atoms with van der Waals surface area (Å²) < 4.78 is 5.67. The molecule has 1 saturated carbocycles. The average molecular weight is 280 g/mol. The number of nitrogens with zero attached hydrogens (tertiary/aromatic N) is 1. The van der Waals surface area contributed by atoms with Crippen LogP contribution in [0.4, 0.5) is 4.79 Å². The number of carbonyl (C=O) groups excluding carboxylic acids is 2. The molecule has 112 valence electrons. The number of carbonyl (C=O) groups is 2. The summed E-state index contributed by atoms with van der Waals surface area (Å²) in [5.41, 5.74) is -0.635. The maximum Gasteiger partial charge on any atom is 0.325 e. The van der Waals surface area contributed by atoms with Gasteiger partial charge in [-0.25, -0.2) is 4.79 Å². The van der Waals surface area contributed by atoms with Crippen molar-refractivity contribution >= 4 is 11.9 Å². The normalized spacial score (nSPS) is 38.4. The van der Waals surface area contributed by atoms with E-state index in [1.807, 2.05) is 0 Å². The largest absolute Gasteiger partial charge is 0.376 e. The molecule has 0 radical (unpaired) electrons. The zero-order valence-corrected chi connectivity index (χ0v) is 12.2. The van der Waals surface area contributed by atoms with Gasteiger partial charge in [-0.3, -0.25) is 9.69 Å². The molecular weight excluding hydrogens is 256 g/mol. The number of amides is 3. The van der Waals surface area contributed by atoms with Crippen LogP contribution in [0.1, 0.15) is 51.9 Å². The van der Waals surface area contributed by atoms with Gasteiger partial charge in [0.15, 0.2) is 0 Å². The summed E-state index contributed by atoms with van der Waals surface area (Å²) in [6.07, 6.45) is 7.13. The third kappa shape index (κ3) is 2.22. The van der Waals surface area contributed by atoms with Gasteiger partial charge in [-0.15, -0.1) is 0 Å². The number of rotatable bonds is 2. The van der Waals surface area contributed by atoms with E-state index in [4.69, 9.17) is 4.74 Å². The number of hydrogen-bond donors (Lipinski definition) is 1. The lowest BCUT2D eigenvalue weighted by Gasteiger charge is -2.37. The first-order valence-corrected chi connectivity index (χ1v) is 7.89. The minimum Gasteiger partial charge on any atom is -0.376 e. The minimum absolute atomic E-state index is 0.0208. The van der Waals surface area contributed by atoms with Gasteiger partial charge in [0, 0.05) is 6.61 Å². The smallest absolute Gasteiger partial charge is 0.325 e. The maximum absolute atomic E-state index is 12.8. The molecule has 3 atom stereocenters. The van der Waals surface area contributed by atoms with Crippen molar-refractivity contribution in [2.24, 2.45) is 5.92 Å². The molecule has 2 saturated heterocycles. The van der Waals surface area contributed by atoms with Crippen LogP contribution in [0, 0.1) is 5.92 Å². The fraction of sp³-hybridized carbons (Fsp3) is 0.867. The number of imide groups is 1. The SMILES string of the molecule is C[C@H]1CCCC[C@@]12NC(=O)N(C[C@@H]1CCCCO1)C2=O. The van der Waals surface area contributed by atoms with Crippen LogP contribution in [-0.2, 0) is 9.53 Å². The van der Waals surface area contributed by atoms with Gasteiger partial charge >= 0.3 is 6.03 Å². The van der Waals surface area contributed by atoms with Gasteiger partial charge < -0.3 is 10.1 Å². The predicted molar refractivity (Wildman–Crippen MR) is 74.2 cm³/mol. The molecule has 1 N–H and O–H groups in total. The van der Waals surface area contributed by atoms with E-state index in [2.05, 4.69) is 12.2 Å². The molecule has 3 rings (SSSR count). The van der Waals surface area contributed by atoms with Crippen LogP contribution in [0.3, 0.4) is 0 Å². The van der Waals surface area contributed by atoms with Crippen LogP contribution in [0.25, 0.3) is 0 Å². The second-order valence-corrected chi connectivity index (χ2v) is 6.45. The van der Waals surface area contributed by atoms with E-state index in [1.54, 1.807) is 0 Å². The Morgan fingerprint density at radius 2 is 2.05 bits per heavy atom. The molecular formula is C15H24N2O3. The van der Waals surface area contributed by atoms with Crippen LogP contribution in [-0.4, -0.2) is 41.6 Å². The van der Waals surface area contributed by atoms with Gasteiger partial charge in [0.1, 0.15) is 5.54 Å². The standard InChI is InChI=1S/C15H24N2O3/c1-11-6-2-4-8-15(11)13(18)17(14(19)16-15)10-12-7-3-5-9-20-12/h11-12H,2-10H2,1H3,(H,16,19)/t11-,12-,15+/m0/s1. The summed E-state index contributed by atoms with van der Waals surface area (Å²) in [7, 11) is 0. The number of nitrogens with one attached hydrogen (secondary N) is 1. The van der Waals surface area contributed by atoms with E-state index in [9.17, 15) is 9.59 Å². The predicted octanol–water partition coefficient (Wildman–Crippen LogP) is 2.06. The Morgan fingerprint density at radius 3 is 2.75 bits per heavy atom. The summed E-state index contributed by atoms with van der Waals surface area (Å²) in [6, 6.07) is -0.224. The van der Waals surface area contributed by atoms with Crippen molar-refractivity contribution in [1.29, 1.82) is 0 Å². The molecule has 3 amide bonds. The molecule has 3 aliphatic rings. The Balaban J connectivity index is 1.72. The van der Waals surface area contributed by atoms with Gasteiger partial charge in [0.05, 0.1) is 12.6 Å². The van der Waals surface area contributed by atoms with Gasteiger partial charge in [0.2, 0.25) is 0 Å². The molecule has 3 fully saturated rings. The maximum atomic E-state index is 12.8. The highest BCUT2D eigenvalue weighted by Gasteiger charge is 2.55. The van der Waals surface area contributed by atoms with E-state index >= 15 is 0 Å². The van der Waals surface area contributed by atoms with Crippen molar-refractivity contribution in [1.82, 2.24) is 10.2 Å². The van der Waals surface area contributed by atoms with Crippen LogP contribution >= 0.6 is 0 Å². The number of urea groups is 1. The highest BCUT2D eigenvalue weighted by atomic mass is 16.5. The molecule has 20 heavy (non-hydrogen) atoms. The molecule has 2 heterocycles. The van der Waals surface area contributed by atoms with Crippen molar-refractivity contribution in [2.45, 2.75) is 63.5 Å². The number of hydrogen-bond acceptors (Lipinski definition) is 3. The topological polar surface area (TPSA) is 58.6 Å². The molecule has 0 unspecified atom stereocenters. The third-order valence-electron chi connectivity index (χ3n) is 5.16. The lowest BCUT2D eigenvalue weighted by Crippen LogP contribution is -2.54. The van der Waals surface area contributed by atoms with Crippen molar-refractivity contribution in [3.8, 4) is 0 Å². The van der Waals surface area contributed by atoms with Crippen LogP contribution in [0.5, 0.6) is 0 Å². The Labute approximate surface area is 120 Å². The quantitative estimate of drug-likeness (QED) is 0.788. The zero-order valence-electron chi connectivity index (χ0n) is 12.2. The average Bonchev–Trinajstić information content (AvgIpc) is 2.69. The summed E-state index contributed by atoms with van der Waals surface area (Å²) in [5.74, 6) is 0.203. The van der Waals surface area contributed by atoms with Crippen LogP contribution in [0.2, 0.25) is 0 Å². The first kappa shape index (κ1) is 13.9. The van der Waals surface area contributed by atoms with E-state index < -0.39 is 5.54 Å². The van der Waals surface area contributed by atoms with Gasteiger partial charge in [-0.1, -0.05) is 19.8 Å². The van der Waals surface area contributed by atoms with Crippen LogP contribution < -0.4 is 5.32 Å². The summed E-state index contributed by atoms with van der Waals surface area (Å²) >= 11 is 0. The summed E-state index contributed by atoms with van der Waals surface area (Å²) in [5, 5.41) is 2.99. The monoisotopic (exact) mass is 280 g/mol. The van der Waals surface area contributed by atoms with Gasteiger partial charge in [0.25, 0.3) is 5.91 Å². The fourth-order valence-electron chi connectivity index (χ4n) is 3.82. The first-order valence-electron chi connectivity index (χ1n) is 7.89. The van der Waals surface area contributed by atoms with Crippen LogP contribution in [0.15, 0.2) is 0 Å².